The van der Waals surface area contributed by atoms with Crippen LogP contribution in [-0.2, 0) is 17.9 Å². The third-order valence-electron chi connectivity index (χ3n) is 4.85. The van der Waals surface area contributed by atoms with E-state index in [1.54, 1.807) is 6.08 Å². The van der Waals surface area contributed by atoms with E-state index >= 15 is 0 Å². The highest BCUT2D eigenvalue weighted by Gasteiger charge is 2.20. The first-order valence-corrected chi connectivity index (χ1v) is 12.1. The molecule has 0 aliphatic rings. The lowest BCUT2D eigenvalue weighted by Crippen LogP contribution is -2.28. The van der Waals surface area contributed by atoms with Crippen molar-refractivity contribution in [2.24, 2.45) is 5.10 Å². The topological polar surface area (TPSA) is 84.2 Å². The number of nitrogens with zero attached hydrogens (tertiary/aromatic N) is 4. The van der Waals surface area contributed by atoms with Crippen LogP contribution in [0, 0.1) is 6.92 Å². The summed E-state index contributed by atoms with van der Waals surface area (Å²) in [6.07, 6.45) is 1.79. The van der Waals surface area contributed by atoms with Crippen LogP contribution in [0.1, 0.15) is 30.8 Å². The summed E-state index contributed by atoms with van der Waals surface area (Å²) in [6.45, 7) is 10.6. The fraction of sp³-hybridized carbons (Fsp3) is 0.250. The third kappa shape index (κ3) is 7.03. The summed E-state index contributed by atoms with van der Waals surface area (Å²) in [5.41, 5.74) is 6.54. The van der Waals surface area contributed by atoms with Gasteiger partial charge < -0.3 is 9.88 Å². The molecule has 0 aliphatic carbocycles. The second kappa shape index (κ2) is 11.8. The fourth-order valence-corrected chi connectivity index (χ4v) is 4.03. The Morgan fingerprint density at radius 2 is 1.91 bits per heavy atom. The van der Waals surface area contributed by atoms with Crippen molar-refractivity contribution < 1.29 is 4.79 Å². The molecule has 1 heterocycles. The Balaban J connectivity index is 1.63. The van der Waals surface area contributed by atoms with Crippen molar-refractivity contribution in [1.82, 2.24) is 20.2 Å². The predicted molar refractivity (Wildman–Crippen MR) is 139 cm³/mol. The average molecular weight is 527 g/mol. The summed E-state index contributed by atoms with van der Waals surface area (Å²) in [5.74, 6) is 0.568. The zero-order chi connectivity index (χ0) is 23.8. The number of benzene rings is 2. The lowest BCUT2D eigenvalue weighted by atomic mass is 10.1. The number of carbonyl (C=O) groups excluding carboxylic acids is 1. The zero-order valence-electron chi connectivity index (χ0n) is 18.9. The van der Waals surface area contributed by atoms with Gasteiger partial charge in [0.2, 0.25) is 0 Å². The van der Waals surface area contributed by atoms with Gasteiger partial charge in [0.25, 0.3) is 5.91 Å². The minimum absolute atomic E-state index is 0.205. The molecule has 0 aliphatic heterocycles. The first-order chi connectivity index (χ1) is 15.9. The molecule has 2 N–H and O–H groups in total. The predicted octanol–water partition coefficient (Wildman–Crippen LogP) is 5.17. The molecule has 2 aromatic carbocycles. The molecule has 0 saturated heterocycles. The molecule has 3 aromatic rings. The number of carbonyl (C=O) groups is 1. The highest BCUT2D eigenvalue weighted by molar-refractivity contribution is 9.10. The Hall–Kier alpha value is -2.91. The van der Waals surface area contributed by atoms with Crippen molar-refractivity contribution in [3.05, 3.63) is 82.6 Å². The van der Waals surface area contributed by atoms with Crippen LogP contribution in [0.4, 0.5) is 5.69 Å². The van der Waals surface area contributed by atoms with Crippen LogP contribution >= 0.6 is 27.7 Å². The standard InChI is InChI=1S/C24H27BrN6OS/c1-5-14-31-22(15-26-21-12-6-16(2)7-13-21)28-30-24(31)33-18(4)23(32)29-27-17(3)19-8-10-20(25)11-9-19/h5-13,18,26H,1,14-15H2,2-4H3,(H,29,32)/b27-17+/t18-/m1/s1. The van der Waals surface area contributed by atoms with Crippen LogP contribution in [0.25, 0.3) is 0 Å². The molecule has 0 spiro atoms. The first kappa shape index (κ1) is 24.7. The SMILES string of the molecule is C=CCn1c(CNc2ccc(C)cc2)nnc1S[C@H](C)C(=O)N/N=C(\C)c1ccc(Br)cc1. The summed E-state index contributed by atoms with van der Waals surface area (Å²) in [7, 11) is 0. The molecule has 0 fully saturated rings. The van der Waals surface area contributed by atoms with Crippen molar-refractivity contribution in [3.63, 3.8) is 0 Å². The number of thioether (sulfide) groups is 1. The van der Waals surface area contributed by atoms with Gasteiger partial charge in [-0.3, -0.25) is 4.79 Å². The van der Waals surface area contributed by atoms with Crippen molar-refractivity contribution in [2.75, 3.05) is 5.32 Å². The van der Waals surface area contributed by atoms with Gasteiger partial charge in [0, 0.05) is 16.7 Å². The normalized spacial score (nSPS) is 12.3. The Kier molecular flexibility index (Phi) is 8.85. The lowest BCUT2D eigenvalue weighted by Gasteiger charge is -2.12. The van der Waals surface area contributed by atoms with Gasteiger partial charge >= 0.3 is 0 Å². The van der Waals surface area contributed by atoms with Gasteiger partial charge in [-0.05, 0) is 50.6 Å². The van der Waals surface area contributed by atoms with Gasteiger partial charge in [0.05, 0.1) is 17.5 Å². The fourth-order valence-electron chi connectivity index (χ4n) is 2.90. The van der Waals surface area contributed by atoms with Gasteiger partial charge in [0.15, 0.2) is 11.0 Å². The number of nitrogens with one attached hydrogen (secondary N) is 2. The molecule has 7 nitrogen and oxygen atoms in total. The molecule has 1 aromatic heterocycles. The molecule has 9 heteroatoms. The molecule has 1 amide bonds. The number of halogens is 1. The highest BCUT2D eigenvalue weighted by Crippen LogP contribution is 2.23. The van der Waals surface area contributed by atoms with E-state index in [2.05, 4.69) is 67.6 Å². The van der Waals surface area contributed by atoms with Crippen molar-refractivity contribution in [3.8, 4) is 0 Å². The number of rotatable bonds is 10. The first-order valence-electron chi connectivity index (χ1n) is 10.5. The van der Waals surface area contributed by atoms with Gasteiger partial charge in [-0.1, -0.05) is 63.6 Å². The number of hydrogen-bond acceptors (Lipinski definition) is 6. The smallest absolute Gasteiger partial charge is 0.253 e. The lowest BCUT2D eigenvalue weighted by molar-refractivity contribution is -0.120. The Labute approximate surface area is 206 Å². The summed E-state index contributed by atoms with van der Waals surface area (Å²) in [5, 5.41) is 16.5. The Morgan fingerprint density at radius 3 is 2.58 bits per heavy atom. The monoisotopic (exact) mass is 526 g/mol. The largest absolute Gasteiger partial charge is 0.378 e. The van der Waals surface area contributed by atoms with E-state index in [1.807, 2.05) is 54.8 Å². The van der Waals surface area contributed by atoms with E-state index in [4.69, 9.17) is 0 Å². The molecule has 0 saturated carbocycles. The number of allylic oxidation sites excluding steroid dienone is 1. The Bertz CT molecular complexity index is 1120. The van der Waals surface area contributed by atoms with Crippen LogP contribution in [0.15, 0.2) is 75.9 Å². The number of amides is 1. The summed E-state index contributed by atoms with van der Waals surface area (Å²) in [6, 6.07) is 15.9. The maximum absolute atomic E-state index is 12.6. The minimum Gasteiger partial charge on any atom is -0.378 e. The third-order valence-corrected chi connectivity index (χ3v) is 6.46. The quantitative estimate of drug-likeness (QED) is 0.165. The van der Waals surface area contributed by atoms with Crippen LogP contribution < -0.4 is 10.7 Å². The molecular formula is C24H27BrN6OS. The van der Waals surface area contributed by atoms with Crippen LogP contribution in [0.5, 0.6) is 0 Å². The van der Waals surface area contributed by atoms with E-state index in [-0.39, 0.29) is 5.91 Å². The molecule has 172 valence electrons. The molecule has 0 bridgehead atoms. The summed E-state index contributed by atoms with van der Waals surface area (Å²) < 4.78 is 2.95. The van der Waals surface area contributed by atoms with Gasteiger partial charge in [-0.2, -0.15) is 5.10 Å². The van der Waals surface area contributed by atoms with E-state index in [1.165, 1.54) is 17.3 Å². The zero-order valence-corrected chi connectivity index (χ0v) is 21.3. The molecule has 3 rings (SSSR count). The number of aryl methyl sites for hydroxylation is 1. The molecule has 1 atom stereocenters. The maximum Gasteiger partial charge on any atom is 0.253 e. The molecule has 0 radical (unpaired) electrons. The van der Waals surface area contributed by atoms with Crippen LogP contribution in [0.2, 0.25) is 0 Å². The number of anilines is 1. The van der Waals surface area contributed by atoms with Gasteiger partial charge in [-0.15, -0.1) is 16.8 Å². The van der Waals surface area contributed by atoms with Crippen molar-refractivity contribution >= 4 is 45.0 Å². The summed E-state index contributed by atoms with van der Waals surface area (Å²) >= 11 is 4.75. The minimum atomic E-state index is -0.405. The second-order valence-electron chi connectivity index (χ2n) is 7.46. The highest BCUT2D eigenvalue weighted by atomic mass is 79.9. The number of aromatic nitrogens is 3. The van der Waals surface area contributed by atoms with E-state index in [0.717, 1.165) is 27.3 Å². The van der Waals surface area contributed by atoms with Crippen LogP contribution in [0.3, 0.4) is 0 Å². The van der Waals surface area contributed by atoms with Crippen molar-refractivity contribution in [2.45, 2.75) is 44.3 Å². The Morgan fingerprint density at radius 1 is 1.21 bits per heavy atom. The van der Waals surface area contributed by atoms with E-state index in [9.17, 15) is 4.79 Å². The second-order valence-corrected chi connectivity index (χ2v) is 9.68. The molecule has 33 heavy (non-hydrogen) atoms. The van der Waals surface area contributed by atoms with E-state index in [0.29, 0.717) is 18.2 Å². The average Bonchev–Trinajstić information content (AvgIpc) is 3.18. The van der Waals surface area contributed by atoms with E-state index < -0.39 is 5.25 Å². The number of hydrazone groups is 1. The van der Waals surface area contributed by atoms with Gasteiger partial charge in [0.1, 0.15) is 0 Å². The van der Waals surface area contributed by atoms with Crippen LogP contribution in [-0.4, -0.2) is 31.6 Å². The van der Waals surface area contributed by atoms with Crippen molar-refractivity contribution in [1.29, 1.82) is 0 Å². The number of hydrogen-bond donors (Lipinski definition) is 2. The maximum atomic E-state index is 12.6. The molecular weight excluding hydrogens is 500 g/mol. The molecule has 0 unspecified atom stereocenters. The van der Waals surface area contributed by atoms with Gasteiger partial charge in [-0.25, -0.2) is 5.43 Å². The summed E-state index contributed by atoms with van der Waals surface area (Å²) in [4.78, 5) is 12.6.